The maximum Gasteiger partial charge on any atom is 0.0791 e. The van der Waals surface area contributed by atoms with E-state index in [9.17, 15) is 0 Å². The van der Waals surface area contributed by atoms with Crippen molar-refractivity contribution in [3.8, 4) is 56.0 Å². The van der Waals surface area contributed by atoms with Crippen LogP contribution in [0.3, 0.4) is 0 Å². The average molecular weight is 730 g/mol. The van der Waals surface area contributed by atoms with E-state index >= 15 is 0 Å². The summed E-state index contributed by atoms with van der Waals surface area (Å²) in [4.78, 5) is 15.6. The van der Waals surface area contributed by atoms with Gasteiger partial charge in [0.1, 0.15) is 0 Å². The van der Waals surface area contributed by atoms with Crippen LogP contribution >= 0.6 is 0 Å². The lowest BCUT2D eigenvalue weighted by molar-refractivity contribution is 0.661. The summed E-state index contributed by atoms with van der Waals surface area (Å²) in [6.07, 6.45) is 1.87. The number of aryl methyl sites for hydroxylation is 2. The van der Waals surface area contributed by atoms with Crippen LogP contribution in [0.2, 0.25) is 0 Å². The molecule has 0 amide bonds. The number of nitrogens with zero attached hydrogens (tertiary/aromatic N) is 3. The first-order valence-electron chi connectivity index (χ1n) is 19.8. The third kappa shape index (κ3) is 5.02. The molecule has 0 unspecified atom stereocenters. The number of benzene rings is 7. The molecule has 270 valence electrons. The fourth-order valence-electron chi connectivity index (χ4n) is 9.64. The van der Waals surface area contributed by atoms with E-state index in [1.54, 1.807) is 0 Å². The molecular formula is C54H39N3. The van der Waals surface area contributed by atoms with Crippen LogP contribution in [-0.4, -0.2) is 15.0 Å². The van der Waals surface area contributed by atoms with Gasteiger partial charge in [0.2, 0.25) is 0 Å². The highest BCUT2D eigenvalue weighted by Crippen LogP contribution is 2.51. The summed E-state index contributed by atoms with van der Waals surface area (Å²) in [5.74, 6) is 0. The van der Waals surface area contributed by atoms with Crippen LogP contribution in [0.1, 0.15) is 36.1 Å². The third-order valence-corrected chi connectivity index (χ3v) is 12.4. The second-order valence-corrected chi connectivity index (χ2v) is 16.0. The van der Waals surface area contributed by atoms with Gasteiger partial charge in [-0.2, -0.15) is 0 Å². The Labute approximate surface area is 332 Å². The number of hydrogen-bond donors (Lipinski definition) is 0. The molecule has 3 heteroatoms. The van der Waals surface area contributed by atoms with E-state index in [1.807, 2.05) is 12.3 Å². The Bertz CT molecular complexity index is 3260. The number of pyridine rings is 3. The molecule has 3 nitrogen and oxygen atoms in total. The minimum Gasteiger partial charge on any atom is -0.256 e. The van der Waals surface area contributed by atoms with Gasteiger partial charge in [-0.05, 0) is 106 Å². The number of para-hydroxylation sites is 1. The Morgan fingerprint density at radius 3 is 1.54 bits per heavy atom. The van der Waals surface area contributed by atoms with Crippen LogP contribution in [0.5, 0.6) is 0 Å². The summed E-state index contributed by atoms with van der Waals surface area (Å²) in [5, 5.41) is 7.20. The van der Waals surface area contributed by atoms with Crippen molar-refractivity contribution in [2.24, 2.45) is 0 Å². The van der Waals surface area contributed by atoms with Crippen molar-refractivity contribution in [1.29, 1.82) is 0 Å². The molecule has 3 heterocycles. The molecule has 7 aromatic carbocycles. The molecule has 0 aliphatic heterocycles. The number of fused-ring (bicyclic) bond motifs is 9. The summed E-state index contributed by atoms with van der Waals surface area (Å²) >= 11 is 0. The number of hydrogen-bond acceptors (Lipinski definition) is 3. The quantitative estimate of drug-likeness (QED) is 0.134. The van der Waals surface area contributed by atoms with Crippen molar-refractivity contribution < 1.29 is 0 Å². The first-order valence-corrected chi connectivity index (χ1v) is 19.8. The second-order valence-electron chi connectivity index (χ2n) is 16.0. The van der Waals surface area contributed by atoms with Crippen molar-refractivity contribution in [3.63, 3.8) is 0 Å². The van der Waals surface area contributed by atoms with Crippen molar-refractivity contribution in [3.05, 3.63) is 186 Å². The molecule has 0 spiro atoms. The van der Waals surface area contributed by atoms with E-state index in [-0.39, 0.29) is 5.41 Å². The molecule has 3 aromatic heterocycles. The Balaban J connectivity index is 1.15. The Hall–Kier alpha value is -6.97. The molecule has 0 N–H and O–H groups in total. The zero-order chi connectivity index (χ0) is 38.4. The van der Waals surface area contributed by atoms with Gasteiger partial charge in [0.25, 0.3) is 0 Å². The third-order valence-electron chi connectivity index (χ3n) is 12.4. The van der Waals surface area contributed by atoms with Gasteiger partial charge in [-0.15, -0.1) is 0 Å². The van der Waals surface area contributed by atoms with E-state index in [0.29, 0.717) is 0 Å². The van der Waals surface area contributed by atoms with Crippen LogP contribution in [-0.2, 0) is 5.41 Å². The fraction of sp³-hybridized carbons (Fsp3) is 0.0926. The largest absolute Gasteiger partial charge is 0.256 e. The SMILES string of the molecule is Cc1c2c(-c3ccccc3)nc3cc(-c4ccc5c(c4)C(C)(C)c4cc(-c6ccccn6)ccc4-5)ccc3c2c(C)c2c(-c3ccccc3)nc3ccccc3c12. The Morgan fingerprint density at radius 1 is 0.404 bits per heavy atom. The molecule has 11 rings (SSSR count). The van der Waals surface area contributed by atoms with Gasteiger partial charge in [-0.3, -0.25) is 4.98 Å². The van der Waals surface area contributed by atoms with Gasteiger partial charge in [-0.1, -0.05) is 135 Å². The molecular weight excluding hydrogens is 691 g/mol. The van der Waals surface area contributed by atoms with E-state index in [0.717, 1.165) is 55.8 Å². The molecule has 1 aliphatic carbocycles. The van der Waals surface area contributed by atoms with Crippen LogP contribution < -0.4 is 0 Å². The van der Waals surface area contributed by atoms with Crippen LogP contribution in [0.25, 0.3) is 99.4 Å². The van der Waals surface area contributed by atoms with Gasteiger partial charge in [0, 0.05) is 49.8 Å². The highest BCUT2D eigenvalue weighted by molar-refractivity contribution is 6.25. The van der Waals surface area contributed by atoms with E-state index in [2.05, 4.69) is 184 Å². The van der Waals surface area contributed by atoms with Crippen LogP contribution in [0.4, 0.5) is 0 Å². The molecule has 0 fully saturated rings. The lowest BCUT2D eigenvalue weighted by Crippen LogP contribution is -2.15. The fourth-order valence-corrected chi connectivity index (χ4v) is 9.64. The first-order chi connectivity index (χ1) is 27.9. The lowest BCUT2D eigenvalue weighted by atomic mass is 9.81. The Kier molecular flexibility index (Phi) is 7.33. The van der Waals surface area contributed by atoms with Crippen molar-refractivity contribution in [2.75, 3.05) is 0 Å². The average Bonchev–Trinajstić information content (AvgIpc) is 3.49. The molecule has 10 aromatic rings. The zero-order valence-electron chi connectivity index (χ0n) is 32.4. The minimum atomic E-state index is -0.165. The number of aromatic nitrogens is 3. The number of rotatable bonds is 4. The monoisotopic (exact) mass is 729 g/mol. The van der Waals surface area contributed by atoms with Crippen molar-refractivity contribution in [2.45, 2.75) is 33.1 Å². The molecule has 57 heavy (non-hydrogen) atoms. The molecule has 1 aliphatic rings. The second kappa shape index (κ2) is 12.5. The normalized spacial score (nSPS) is 13.1. The summed E-state index contributed by atoms with van der Waals surface area (Å²) in [7, 11) is 0. The van der Waals surface area contributed by atoms with E-state index < -0.39 is 0 Å². The topological polar surface area (TPSA) is 38.7 Å². The molecule has 0 atom stereocenters. The summed E-state index contributed by atoms with van der Waals surface area (Å²) < 4.78 is 0. The summed E-state index contributed by atoms with van der Waals surface area (Å²) in [6.45, 7) is 9.26. The maximum absolute atomic E-state index is 5.58. The predicted octanol–water partition coefficient (Wildman–Crippen LogP) is 14.1. The standard InChI is InChI=1S/C54H39N3/c1-32-48-41-19-11-12-21-46(41)56-52(34-15-7-5-8-16-34)50(48)33(2)49-42-27-23-37(31-47(42)57-53(51(32)49)35-17-9-6-10-18-35)36-22-25-39-40-26-24-38(45-20-13-14-28-55-45)30-44(40)54(3,4)43(39)29-36/h5-31H,1-4H3. The molecule has 0 saturated carbocycles. The first kappa shape index (κ1) is 33.4. The molecule has 0 radical (unpaired) electrons. The van der Waals surface area contributed by atoms with Gasteiger partial charge in [0.05, 0.1) is 28.1 Å². The Morgan fingerprint density at radius 2 is 0.912 bits per heavy atom. The van der Waals surface area contributed by atoms with Crippen molar-refractivity contribution >= 4 is 43.4 Å². The highest BCUT2D eigenvalue weighted by Gasteiger charge is 2.36. The maximum atomic E-state index is 5.58. The molecule has 0 bridgehead atoms. The summed E-state index contributed by atoms with van der Waals surface area (Å²) in [5.41, 5.74) is 18.3. The highest BCUT2D eigenvalue weighted by atomic mass is 14.7. The van der Waals surface area contributed by atoms with Gasteiger partial charge < -0.3 is 0 Å². The zero-order valence-corrected chi connectivity index (χ0v) is 32.4. The van der Waals surface area contributed by atoms with Gasteiger partial charge in [-0.25, -0.2) is 9.97 Å². The minimum absolute atomic E-state index is 0.165. The van der Waals surface area contributed by atoms with Crippen LogP contribution in [0, 0.1) is 13.8 Å². The predicted molar refractivity (Wildman–Crippen MR) is 239 cm³/mol. The summed E-state index contributed by atoms with van der Waals surface area (Å²) in [6, 6.07) is 56.7. The van der Waals surface area contributed by atoms with E-state index in [4.69, 9.17) is 9.97 Å². The van der Waals surface area contributed by atoms with Crippen molar-refractivity contribution in [1.82, 2.24) is 15.0 Å². The van der Waals surface area contributed by atoms with Gasteiger partial charge >= 0.3 is 0 Å². The van der Waals surface area contributed by atoms with E-state index in [1.165, 1.54) is 65.9 Å². The smallest absolute Gasteiger partial charge is 0.0791 e. The van der Waals surface area contributed by atoms with Crippen LogP contribution in [0.15, 0.2) is 164 Å². The van der Waals surface area contributed by atoms with Gasteiger partial charge in [0.15, 0.2) is 0 Å². The molecule has 0 saturated heterocycles. The lowest BCUT2D eigenvalue weighted by Gasteiger charge is -2.23.